The average molecular weight is 230 g/mol. The molecule has 1 unspecified atom stereocenters. The van der Waals surface area contributed by atoms with E-state index in [-0.39, 0.29) is 12.1 Å². The molecule has 0 aliphatic carbocycles. The van der Waals surface area contributed by atoms with Crippen LogP contribution >= 0.6 is 0 Å². The van der Waals surface area contributed by atoms with E-state index < -0.39 is 5.54 Å². The number of aliphatic hydroxyl groups excluding tert-OH is 1. The Morgan fingerprint density at radius 1 is 1.50 bits per heavy atom. The molecule has 0 amide bonds. The second-order valence-electron chi connectivity index (χ2n) is 5.77. The van der Waals surface area contributed by atoms with Gasteiger partial charge in [-0.3, -0.25) is 4.90 Å². The van der Waals surface area contributed by atoms with Gasteiger partial charge in [-0.25, -0.2) is 0 Å². The van der Waals surface area contributed by atoms with E-state index in [4.69, 9.17) is 15.6 Å². The van der Waals surface area contributed by atoms with Crippen LogP contribution in [-0.2, 0) is 4.74 Å². The molecule has 4 heteroatoms. The van der Waals surface area contributed by atoms with Gasteiger partial charge in [0.25, 0.3) is 0 Å². The van der Waals surface area contributed by atoms with Crippen molar-refractivity contribution in [3.8, 4) is 0 Å². The Morgan fingerprint density at radius 3 is 2.75 bits per heavy atom. The van der Waals surface area contributed by atoms with Gasteiger partial charge in [0.2, 0.25) is 0 Å². The summed E-state index contributed by atoms with van der Waals surface area (Å²) in [5.41, 5.74) is 5.60. The lowest BCUT2D eigenvalue weighted by atomic mass is 9.96. The van der Waals surface area contributed by atoms with Gasteiger partial charge in [-0.2, -0.15) is 0 Å². The van der Waals surface area contributed by atoms with E-state index in [9.17, 15) is 0 Å². The van der Waals surface area contributed by atoms with E-state index in [1.54, 1.807) is 0 Å². The molecule has 0 saturated carbocycles. The molecule has 96 valence electrons. The fourth-order valence-electron chi connectivity index (χ4n) is 2.06. The molecular weight excluding hydrogens is 204 g/mol. The van der Waals surface area contributed by atoms with E-state index in [0.717, 1.165) is 39.1 Å². The first-order valence-electron chi connectivity index (χ1n) is 6.10. The van der Waals surface area contributed by atoms with Crippen LogP contribution in [-0.4, -0.2) is 54.0 Å². The number of hydrogen-bond acceptors (Lipinski definition) is 4. The summed E-state index contributed by atoms with van der Waals surface area (Å²) >= 11 is 0. The molecule has 4 nitrogen and oxygen atoms in total. The SMILES string of the molecule is CC(N)(CO)CCCN1CCOCC1(C)C. The standard InChI is InChI=1S/C12H26N2O2/c1-11(2)10-16-8-7-14(11)6-4-5-12(3,13)9-15/h15H,4-10,13H2,1-3H3. The van der Waals surface area contributed by atoms with Gasteiger partial charge in [0.15, 0.2) is 0 Å². The summed E-state index contributed by atoms with van der Waals surface area (Å²) in [6.45, 7) is 10.0. The summed E-state index contributed by atoms with van der Waals surface area (Å²) in [5.74, 6) is 0. The molecule has 0 aromatic carbocycles. The Kier molecular flexibility index (Phi) is 4.73. The number of nitrogens with two attached hydrogens (primary N) is 1. The van der Waals surface area contributed by atoms with E-state index in [0.29, 0.717) is 0 Å². The van der Waals surface area contributed by atoms with Crippen molar-refractivity contribution in [1.29, 1.82) is 0 Å². The quantitative estimate of drug-likeness (QED) is 0.725. The number of aliphatic hydroxyl groups is 1. The molecule has 1 aliphatic rings. The first kappa shape index (κ1) is 13.9. The Balaban J connectivity index is 2.31. The minimum Gasteiger partial charge on any atom is -0.394 e. The highest BCUT2D eigenvalue weighted by atomic mass is 16.5. The summed E-state index contributed by atoms with van der Waals surface area (Å²) in [6.07, 6.45) is 1.88. The number of nitrogens with zero attached hydrogens (tertiary/aromatic N) is 1. The third-order valence-corrected chi connectivity index (χ3v) is 3.35. The van der Waals surface area contributed by atoms with Crippen molar-refractivity contribution in [3.05, 3.63) is 0 Å². The third-order valence-electron chi connectivity index (χ3n) is 3.35. The largest absolute Gasteiger partial charge is 0.394 e. The topological polar surface area (TPSA) is 58.7 Å². The van der Waals surface area contributed by atoms with Gasteiger partial charge in [0, 0.05) is 17.6 Å². The maximum Gasteiger partial charge on any atom is 0.0645 e. The van der Waals surface area contributed by atoms with Gasteiger partial charge in [-0.05, 0) is 40.2 Å². The van der Waals surface area contributed by atoms with Crippen molar-refractivity contribution in [2.24, 2.45) is 5.73 Å². The van der Waals surface area contributed by atoms with E-state index >= 15 is 0 Å². The van der Waals surface area contributed by atoms with Crippen LogP contribution in [0.15, 0.2) is 0 Å². The highest BCUT2D eigenvalue weighted by molar-refractivity contribution is 4.85. The zero-order valence-electron chi connectivity index (χ0n) is 10.8. The normalized spacial score (nSPS) is 25.3. The maximum absolute atomic E-state index is 9.08. The van der Waals surface area contributed by atoms with Gasteiger partial charge < -0.3 is 15.6 Å². The molecule has 1 rings (SSSR count). The summed E-state index contributed by atoms with van der Waals surface area (Å²) in [4.78, 5) is 2.45. The summed E-state index contributed by atoms with van der Waals surface area (Å²) in [6, 6.07) is 0. The summed E-state index contributed by atoms with van der Waals surface area (Å²) in [5, 5.41) is 9.08. The molecule has 1 aliphatic heterocycles. The number of morpholine rings is 1. The van der Waals surface area contributed by atoms with E-state index in [1.165, 1.54) is 0 Å². The van der Waals surface area contributed by atoms with Crippen molar-refractivity contribution in [1.82, 2.24) is 4.90 Å². The summed E-state index contributed by atoms with van der Waals surface area (Å²) < 4.78 is 5.48. The van der Waals surface area contributed by atoms with E-state index in [2.05, 4.69) is 18.7 Å². The number of hydrogen-bond donors (Lipinski definition) is 2. The lowest BCUT2D eigenvalue weighted by molar-refractivity contribution is -0.0519. The van der Waals surface area contributed by atoms with Crippen molar-refractivity contribution in [2.75, 3.05) is 32.9 Å². The Hall–Kier alpha value is -0.160. The zero-order chi connectivity index (χ0) is 12.2. The van der Waals surface area contributed by atoms with Gasteiger partial charge in [-0.15, -0.1) is 0 Å². The average Bonchev–Trinajstić information content (AvgIpc) is 2.20. The molecule has 0 bridgehead atoms. The second kappa shape index (κ2) is 5.45. The molecule has 0 aromatic heterocycles. The highest BCUT2D eigenvalue weighted by Gasteiger charge is 2.30. The van der Waals surface area contributed by atoms with Crippen LogP contribution in [0.1, 0.15) is 33.6 Å². The van der Waals surface area contributed by atoms with E-state index in [1.807, 2.05) is 6.92 Å². The molecule has 0 spiro atoms. The first-order valence-corrected chi connectivity index (χ1v) is 6.10. The molecule has 1 atom stereocenters. The highest BCUT2D eigenvalue weighted by Crippen LogP contribution is 2.20. The second-order valence-corrected chi connectivity index (χ2v) is 5.77. The van der Waals surface area contributed by atoms with Crippen LogP contribution in [0.4, 0.5) is 0 Å². The minimum atomic E-state index is -0.434. The molecule has 0 aromatic rings. The molecule has 3 N–H and O–H groups in total. The molecule has 1 heterocycles. The van der Waals surface area contributed by atoms with Gasteiger partial charge in [0.1, 0.15) is 0 Å². The van der Waals surface area contributed by atoms with Crippen molar-refractivity contribution in [3.63, 3.8) is 0 Å². The predicted molar refractivity (Wildman–Crippen MR) is 65.4 cm³/mol. The molecule has 1 fully saturated rings. The smallest absolute Gasteiger partial charge is 0.0645 e. The molecular formula is C12H26N2O2. The minimum absolute atomic E-state index is 0.0551. The summed E-state index contributed by atoms with van der Waals surface area (Å²) in [7, 11) is 0. The fraction of sp³-hybridized carbons (Fsp3) is 1.00. The number of rotatable bonds is 5. The third kappa shape index (κ3) is 4.01. The molecule has 0 radical (unpaired) electrons. The van der Waals surface area contributed by atoms with Gasteiger partial charge in [-0.1, -0.05) is 0 Å². The predicted octanol–water partition coefficient (Wildman–Crippen LogP) is 0.587. The maximum atomic E-state index is 9.08. The molecule has 1 saturated heterocycles. The lowest BCUT2D eigenvalue weighted by Crippen LogP contribution is -2.53. The Bertz CT molecular complexity index is 217. The van der Waals surface area contributed by atoms with Crippen LogP contribution in [0.2, 0.25) is 0 Å². The van der Waals surface area contributed by atoms with Crippen molar-refractivity contribution < 1.29 is 9.84 Å². The number of ether oxygens (including phenoxy) is 1. The Labute approximate surface area is 98.8 Å². The van der Waals surface area contributed by atoms with Crippen LogP contribution in [0.5, 0.6) is 0 Å². The molecule has 16 heavy (non-hydrogen) atoms. The Morgan fingerprint density at radius 2 is 2.19 bits per heavy atom. The fourth-order valence-corrected chi connectivity index (χ4v) is 2.06. The zero-order valence-corrected chi connectivity index (χ0v) is 10.8. The van der Waals surface area contributed by atoms with Crippen LogP contribution in [0, 0.1) is 0 Å². The van der Waals surface area contributed by atoms with Crippen LogP contribution in [0.3, 0.4) is 0 Å². The van der Waals surface area contributed by atoms with Crippen LogP contribution < -0.4 is 5.73 Å². The van der Waals surface area contributed by atoms with Crippen molar-refractivity contribution >= 4 is 0 Å². The van der Waals surface area contributed by atoms with Gasteiger partial charge >= 0.3 is 0 Å². The first-order chi connectivity index (χ1) is 7.37. The lowest BCUT2D eigenvalue weighted by Gasteiger charge is -2.42. The van der Waals surface area contributed by atoms with Crippen LogP contribution in [0.25, 0.3) is 0 Å². The van der Waals surface area contributed by atoms with Crippen molar-refractivity contribution in [2.45, 2.75) is 44.7 Å². The monoisotopic (exact) mass is 230 g/mol. The van der Waals surface area contributed by atoms with Gasteiger partial charge in [0.05, 0.1) is 19.8 Å².